The first-order valence-corrected chi connectivity index (χ1v) is 11.2. The molecule has 0 aliphatic carbocycles. The standard InChI is InChI=1S/C12H25.C6H15NO3.Na.H2O4S/c1-3-5-7-9-11-12-10-8-6-4-2;8-4-1-7(2-5-9)3-6-10;;1-5(2,3)4/h1,3-12H2,2H3;8-10H,1-6H2;;(H2,1,2,3,4)/q-1;;+1;. The molecular formula is C18H42NNaO7S. The third-order valence-corrected chi connectivity index (χ3v) is 3.60. The number of aliphatic hydroxyl groups excluding tert-OH is 3. The second kappa shape index (κ2) is 29.9. The van der Waals surface area contributed by atoms with Gasteiger partial charge in [-0.2, -0.15) is 14.8 Å². The molecule has 0 aliphatic rings. The van der Waals surface area contributed by atoms with E-state index in [-0.39, 0.29) is 49.4 Å². The van der Waals surface area contributed by atoms with Gasteiger partial charge in [0.25, 0.3) is 0 Å². The first-order valence-electron chi connectivity index (χ1n) is 9.80. The molecule has 10 heteroatoms. The molecule has 0 amide bonds. The van der Waals surface area contributed by atoms with Crippen molar-refractivity contribution in [3.63, 3.8) is 0 Å². The van der Waals surface area contributed by atoms with Gasteiger partial charge >= 0.3 is 40.0 Å². The Kier molecular flexibility index (Phi) is 38.6. The van der Waals surface area contributed by atoms with Crippen molar-refractivity contribution in [2.75, 3.05) is 39.5 Å². The third kappa shape index (κ3) is 50.4. The van der Waals surface area contributed by atoms with Gasteiger partial charge in [0.2, 0.25) is 0 Å². The minimum Gasteiger partial charge on any atom is -0.395 e. The van der Waals surface area contributed by atoms with Gasteiger partial charge in [0.15, 0.2) is 0 Å². The van der Waals surface area contributed by atoms with E-state index in [9.17, 15) is 0 Å². The van der Waals surface area contributed by atoms with Crippen molar-refractivity contribution in [2.45, 2.75) is 71.1 Å². The molecule has 0 atom stereocenters. The van der Waals surface area contributed by atoms with Gasteiger partial charge in [-0.25, -0.2) is 0 Å². The summed E-state index contributed by atoms with van der Waals surface area (Å²) >= 11 is 0. The quantitative estimate of drug-likeness (QED) is 0.0983. The Balaban J connectivity index is -0.000000163. The molecule has 0 fully saturated rings. The Labute approximate surface area is 194 Å². The number of nitrogens with zero attached hydrogens (tertiary/aromatic N) is 1. The molecule has 0 heterocycles. The molecule has 0 saturated heterocycles. The van der Waals surface area contributed by atoms with Crippen molar-refractivity contribution in [2.24, 2.45) is 0 Å². The molecule has 168 valence electrons. The Morgan fingerprint density at radius 2 is 1.00 bits per heavy atom. The van der Waals surface area contributed by atoms with Crippen LogP contribution >= 0.6 is 0 Å². The minimum absolute atomic E-state index is 0. The summed E-state index contributed by atoms with van der Waals surface area (Å²) in [5, 5.41) is 25.5. The number of unbranched alkanes of at least 4 members (excludes halogenated alkanes) is 9. The van der Waals surface area contributed by atoms with Crippen molar-refractivity contribution < 1.29 is 62.4 Å². The summed E-state index contributed by atoms with van der Waals surface area (Å²) in [5.41, 5.74) is 0. The molecule has 0 rings (SSSR count). The normalized spacial score (nSPS) is 10.4. The maximum atomic E-state index is 8.74. The summed E-state index contributed by atoms with van der Waals surface area (Å²) in [6.07, 6.45) is 13.9. The topological polar surface area (TPSA) is 139 Å². The Morgan fingerprint density at radius 3 is 1.25 bits per heavy atom. The van der Waals surface area contributed by atoms with Gasteiger partial charge < -0.3 is 22.2 Å². The number of rotatable bonds is 15. The zero-order chi connectivity index (χ0) is 21.4. The first-order chi connectivity index (χ1) is 12.8. The van der Waals surface area contributed by atoms with Crippen LogP contribution in [0.25, 0.3) is 0 Å². The molecule has 0 unspecified atom stereocenters. The largest absolute Gasteiger partial charge is 1.00 e. The predicted molar refractivity (Wildman–Crippen MR) is 109 cm³/mol. The van der Waals surface area contributed by atoms with Crippen molar-refractivity contribution in [3.05, 3.63) is 6.92 Å². The van der Waals surface area contributed by atoms with Crippen molar-refractivity contribution in [3.8, 4) is 0 Å². The van der Waals surface area contributed by atoms with Crippen LogP contribution in [-0.2, 0) is 10.4 Å². The summed E-state index contributed by atoms with van der Waals surface area (Å²) in [4.78, 5) is 1.79. The summed E-state index contributed by atoms with van der Waals surface area (Å²) in [5.74, 6) is 0. The number of hydrogen-bond donors (Lipinski definition) is 5. The second-order valence-electron chi connectivity index (χ2n) is 6.14. The first kappa shape index (κ1) is 36.1. The van der Waals surface area contributed by atoms with E-state index in [2.05, 4.69) is 13.8 Å². The molecular weight excluding hydrogens is 397 g/mol. The molecule has 0 aromatic rings. The van der Waals surface area contributed by atoms with E-state index in [1.165, 1.54) is 57.8 Å². The van der Waals surface area contributed by atoms with E-state index in [1.807, 2.05) is 0 Å². The van der Waals surface area contributed by atoms with Crippen molar-refractivity contribution in [1.82, 2.24) is 4.90 Å². The Bertz CT molecular complexity index is 328. The molecule has 5 N–H and O–H groups in total. The van der Waals surface area contributed by atoms with Crippen LogP contribution in [0.5, 0.6) is 0 Å². The maximum Gasteiger partial charge on any atom is 1.00 e. The predicted octanol–water partition coefficient (Wildman–Crippen LogP) is -0.642. The van der Waals surface area contributed by atoms with Gasteiger partial charge in [-0.15, -0.1) is 0 Å². The fourth-order valence-electron chi connectivity index (χ4n) is 2.25. The van der Waals surface area contributed by atoms with Gasteiger partial charge in [0.05, 0.1) is 19.8 Å². The van der Waals surface area contributed by atoms with Crippen LogP contribution in [0.3, 0.4) is 0 Å². The molecule has 0 saturated carbocycles. The van der Waals surface area contributed by atoms with Crippen LogP contribution in [0.1, 0.15) is 71.1 Å². The molecule has 0 aliphatic heterocycles. The van der Waals surface area contributed by atoms with E-state index in [0.717, 1.165) is 6.42 Å². The van der Waals surface area contributed by atoms with Gasteiger partial charge in [0, 0.05) is 19.6 Å². The molecule has 0 radical (unpaired) electrons. The minimum atomic E-state index is -4.67. The number of aliphatic hydroxyl groups is 3. The van der Waals surface area contributed by atoms with E-state index in [4.69, 9.17) is 32.8 Å². The van der Waals surface area contributed by atoms with Crippen molar-refractivity contribution >= 4 is 10.4 Å². The van der Waals surface area contributed by atoms with E-state index >= 15 is 0 Å². The van der Waals surface area contributed by atoms with Crippen molar-refractivity contribution in [1.29, 1.82) is 0 Å². The van der Waals surface area contributed by atoms with E-state index in [0.29, 0.717) is 19.6 Å². The molecule has 28 heavy (non-hydrogen) atoms. The summed E-state index contributed by atoms with van der Waals surface area (Å²) in [6.45, 7) is 7.87. The van der Waals surface area contributed by atoms with Crippen LogP contribution in [0, 0.1) is 6.92 Å². The monoisotopic (exact) mass is 439 g/mol. The molecule has 0 aromatic heterocycles. The smallest absolute Gasteiger partial charge is 0.395 e. The second-order valence-corrected chi connectivity index (χ2v) is 7.04. The van der Waals surface area contributed by atoms with E-state index < -0.39 is 10.4 Å². The molecule has 0 aromatic carbocycles. The van der Waals surface area contributed by atoms with Crippen LogP contribution in [0.2, 0.25) is 0 Å². The maximum absolute atomic E-state index is 8.74. The summed E-state index contributed by atoms with van der Waals surface area (Å²) in [6, 6.07) is 0. The van der Waals surface area contributed by atoms with Crippen LogP contribution in [0.4, 0.5) is 0 Å². The van der Waals surface area contributed by atoms with Gasteiger partial charge in [-0.1, -0.05) is 64.7 Å². The molecule has 0 bridgehead atoms. The average Bonchev–Trinajstić information content (AvgIpc) is 2.57. The zero-order valence-electron chi connectivity index (χ0n) is 17.9. The van der Waals surface area contributed by atoms with E-state index in [1.54, 1.807) is 4.90 Å². The fourth-order valence-corrected chi connectivity index (χ4v) is 2.25. The molecule has 8 nitrogen and oxygen atoms in total. The Hall–Kier alpha value is 0.710. The van der Waals surface area contributed by atoms with Gasteiger partial charge in [-0.3, -0.25) is 14.0 Å². The number of hydrogen-bond acceptors (Lipinski definition) is 6. The summed E-state index contributed by atoms with van der Waals surface area (Å²) < 4.78 is 31.6. The van der Waals surface area contributed by atoms with Gasteiger partial charge in [-0.05, 0) is 0 Å². The summed E-state index contributed by atoms with van der Waals surface area (Å²) in [7, 11) is -4.67. The Morgan fingerprint density at radius 1 is 0.714 bits per heavy atom. The fraction of sp³-hybridized carbons (Fsp3) is 0.944. The van der Waals surface area contributed by atoms with Gasteiger partial charge in [0.1, 0.15) is 0 Å². The SMILES string of the molecule is O=S(=O)(O)O.OCCN(CCO)CCO.[CH2-]CCCCCCCCCCC.[Na+]. The van der Waals surface area contributed by atoms with Crippen LogP contribution in [0.15, 0.2) is 0 Å². The van der Waals surface area contributed by atoms with Crippen LogP contribution in [-0.4, -0.2) is 77.2 Å². The third-order valence-electron chi connectivity index (χ3n) is 3.60. The average molecular weight is 440 g/mol. The zero-order valence-corrected chi connectivity index (χ0v) is 20.7. The van der Waals surface area contributed by atoms with Crippen LogP contribution < -0.4 is 29.6 Å². The molecule has 0 spiro atoms.